The fraction of sp³-hybridized carbons (Fsp3) is 0.273. The van der Waals surface area contributed by atoms with Crippen molar-refractivity contribution in [1.82, 2.24) is 0 Å². The maximum Gasteiger partial charge on any atom is 0.349 e. The minimum atomic E-state index is 0.113. The van der Waals surface area contributed by atoms with Crippen molar-refractivity contribution in [2.24, 2.45) is 5.92 Å². The van der Waals surface area contributed by atoms with E-state index in [4.69, 9.17) is 0 Å². The van der Waals surface area contributed by atoms with Gasteiger partial charge in [0.1, 0.15) is 0 Å². The van der Waals surface area contributed by atoms with Crippen LogP contribution in [0.25, 0.3) is 0 Å². The lowest BCUT2D eigenvalue weighted by atomic mass is 10.2. The molecule has 0 saturated heterocycles. The van der Waals surface area contributed by atoms with Crippen molar-refractivity contribution in [1.29, 1.82) is 0 Å². The standard InChI is InChI=1S/C11H14I/c1-10(2)8-9-12-11-6-4-3-5-7-11/h3-10H,1-2H3/q+1/b9-8+. The summed E-state index contributed by atoms with van der Waals surface area (Å²) in [5.74, 6) is 0.688. The molecule has 0 saturated carbocycles. The molecule has 12 heavy (non-hydrogen) atoms. The molecule has 0 atom stereocenters. The summed E-state index contributed by atoms with van der Waals surface area (Å²) >= 11 is 0.113. The van der Waals surface area contributed by atoms with Crippen LogP contribution in [-0.2, 0) is 0 Å². The van der Waals surface area contributed by atoms with E-state index in [0.717, 1.165) is 0 Å². The van der Waals surface area contributed by atoms with Gasteiger partial charge in [-0.3, -0.25) is 0 Å². The predicted octanol–water partition coefficient (Wildman–Crippen LogP) is 0.115. The third-order valence-electron chi connectivity index (χ3n) is 1.38. The Kier molecular flexibility index (Phi) is 4.36. The van der Waals surface area contributed by atoms with E-state index in [0.29, 0.717) is 5.92 Å². The molecular weight excluding hydrogens is 259 g/mol. The van der Waals surface area contributed by atoms with Gasteiger partial charge in [-0.15, -0.1) is 0 Å². The lowest BCUT2D eigenvalue weighted by molar-refractivity contribution is -0.557. The van der Waals surface area contributed by atoms with Crippen molar-refractivity contribution in [3.05, 3.63) is 44.1 Å². The molecule has 0 heterocycles. The summed E-state index contributed by atoms with van der Waals surface area (Å²) in [4.78, 5) is 0. The summed E-state index contributed by atoms with van der Waals surface area (Å²) in [6, 6.07) is 10.7. The molecule has 0 aliphatic rings. The maximum absolute atomic E-state index is 2.35. The van der Waals surface area contributed by atoms with Gasteiger partial charge in [-0.2, -0.15) is 0 Å². The van der Waals surface area contributed by atoms with Crippen LogP contribution in [-0.4, -0.2) is 0 Å². The van der Waals surface area contributed by atoms with Gasteiger partial charge in [-0.1, -0.05) is 32.0 Å². The molecule has 0 aliphatic carbocycles. The number of halogens is 1. The average Bonchev–Trinajstić information content (AvgIpc) is 2.05. The Labute approximate surface area is 85.0 Å². The van der Waals surface area contributed by atoms with Gasteiger partial charge in [0.2, 0.25) is 0 Å². The highest BCUT2D eigenvalue weighted by atomic mass is 127. The highest BCUT2D eigenvalue weighted by molar-refractivity contribution is 4.99. The fourth-order valence-corrected chi connectivity index (χ4v) is 3.03. The van der Waals surface area contributed by atoms with Crippen LogP contribution < -0.4 is 21.2 Å². The zero-order chi connectivity index (χ0) is 8.81. The molecule has 1 rings (SSSR count). The van der Waals surface area contributed by atoms with Gasteiger partial charge in [0.15, 0.2) is 7.65 Å². The van der Waals surface area contributed by atoms with Crippen LogP contribution in [0, 0.1) is 9.49 Å². The zero-order valence-corrected chi connectivity index (χ0v) is 9.65. The van der Waals surface area contributed by atoms with E-state index in [1.54, 1.807) is 0 Å². The Hall–Kier alpha value is -0.310. The number of rotatable bonds is 3. The monoisotopic (exact) mass is 273 g/mol. The Morgan fingerprint density at radius 1 is 1.17 bits per heavy atom. The van der Waals surface area contributed by atoms with E-state index < -0.39 is 0 Å². The van der Waals surface area contributed by atoms with Crippen LogP contribution in [0.15, 0.2) is 40.5 Å². The number of hydrogen-bond acceptors (Lipinski definition) is 0. The van der Waals surface area contributed by atoms with Crippen molar-refractivity contribution in [2.45, 2.75) is 13.8 Å². The van der Waals surface area contributed by atoms with Crippen LogP contribution in [0.3, 0.4) is 0 Å². The molecule has 0 bridgehead atoms. The first kappa shape index (κ1) is 9.78. The quantitative estimate of drug-likeness (QED) is 0.686. The van der Waals surface area contributed by atoms with Crippen molar-refractivity contribution in [3.8, 4) is 0 Å². The molecule has 0 unspecified atom stereocenters. The second kappa shape index (κ2) is 5.36. The lowest BCUT2D eigenvalue weighted by Crippen LogP contribution is -3.59. The van der Waals surface area contributed by atoms with E-state index in [-0.39, 0.29) is 21.2 Å². The highest BCUT2D eigenvalue weighted by Crippen LogP contribution is 1.89. The molecular formula is C11H14I+. The molecule has 1 heteroatoms. The highest BCUT2D eigenvalue weighted by Gasteiger charge is 2.04. The lowest BCUT2D eigenvalue weighted by Gasteiger charge is -1.86. The summed E-state index contributed by atoms with van der Waals surface area (Å²) in [5, 5.41) is 0. The van der Waals surface area contributed by atoms with E-state index >= 15 is 0 Å². The first-order valence-electron chi connectivity index (χ1n) is 4.14. The smallest absolute Gasteiger partial charge is 0.0619 e. The molecule has 0 aliphatic heterocycles. The van der Waals surface area contributed by atoms with Crippen molar-refractivity contribution in [2.75, 3.05) is 0 Å². The molecule has 0 aromatic heterocycles. The minimum Gasteiger partial charge on any atom is -0.0619 e. The summed E-state index contributed by atoms with van der Waals surface area (Å²) < 4.78 is 3.84. The first-order valence-corrected chi connectivity index (χ1v) is 6.46. The molecule has 0 nitrogen and oxygen atoms in total. The Balaban J connectivity index is 2.43. The molecule has 0 spiro atoms. The SMILES string of the molecule is CC(C)/C=C/[I+]c1ccccc1. The van der Waals surface area contributed by atoms with Gasteiger partial charge < -0.3 is 0 Å². The molecule has 0 amide bonds. The topological polar surface area (TPSA) is 0 Å². The second-order valence-corrected chi connectivity index (χ2v) is 5.55. The van der Waals surface area contributed by atoms with Gasteiger partial charge in [0.25, 0.3) is 0 Å². The van der Waals surface area contributed by atoms with Crippen molar-refractivity contribution < 1.29 is 21.2 Å². The van der Waals surface area contributed by atoms with Crippen molar-refractivity contribution in [3.63, 3.8) is 0 Å². The van der Waals surface area contributed by atoms with Gasteiger partial charge in [0, 0.05) is 0 Å². The largest absolute Gasteiger partial charge is 0.349 e. The van der Waals surface area contributed by atoms with E-state index in [1.165, 1.54) is 3.57 Å². The summed E-state index contributed by atoms with van der Waals surface area (Å²) in [5.41, 5.74) is 0. The van der Waals surface area contributed by atoms with Crippen LogP contribution in [0.1, 0.15) is 13.8 Å². The minimum absolute atomic E-state index is 0.113. The second-order valence-electron chi connectivity index (χ2n) is 2.97. The first-order chi connectivity index (χ1) is 5.79. The normalized spacial score (nSPS) is 11.2. The fourth-order valence-electron chi connectivity index (χ4n) is 0.742. The Morgan fingerprint density at radius 3 is 2.42 bits per heavy atom. The van der Waals surface area contributed by atoms with Gasteiger partial charge >= 0.3 is 21.2 Å². The maximum atomic E-state index is 2.35. The molecule has 0 fully saturated rings. The Bertz CT molecular complexity index is 236. The summed E-state index contributed by atoms with van der Waals surface area (Å²) in [6.45, 7) is 4.43. The molecule has 1 aromatic rings. The molecule has 64 valence electrons. The predicted molar refractivity (Wildman–Crippen MR) is 49.1 cm³/mol. The van der Waals surface area contributed by atoms with Crippen LogP contribution in [0.4, 0.5) is 0 Å². The summed E-state index contributed by atoms with van der Waals surface area (Å²) in [7, 11) is 0. The van der Waals surface area contributed by atoms with E-state index in [1.807, 2.05) is 0 Å². The third kappa shape index (κ3) is 3.90. The zero-order valence-electron chi connectivity index (χ0n) is 7.50. The van der Waals surface area contributed by atoms with Gasteiger partial charge in [0.05, 0.1) is 0 Å². The van der Waals surface area contributed by atoms with E-state index in [2.05, 4.69) is 54.3 Å². The molecule has 1 aromatic carbocycles. The van der Waals surface area contributed by atoms with Crippen LogP contribution in [0.5, 0.6) is 0 Å². The van der Waals surface area contributed by atoms with Crippen LogP contribution >= 0.6 is 0 Å². The van der Waals surface area contributed by atoms with Crippen LogP contribution in [0.2, 0.25) is 0 Å². The third-order valence-corrected chi connectivity index (χ3v) is 3.59. The van der Waals surface area contributed by atoms with Gasteiger partial charge in [-0.25, -0.2) is 0 Å². The average molecular weight is 273 g/mol. The molecule has 0 radical (unpaired) electrons. The Morgan fingerprint density at radius 2 is 1.83 bits per heavy atom. The number of allylic oxidation sites excluding steroid dienone is 1. The van der Waals surface area contributed by atoms with E-state index in [9.17, 15) is 0 Å². The van der Waals surface area contributed by atoms with Crippen molar-refractivity contribution >= 4 is 0 Å². The number of hydrogen-bond donors (Lipinski definition) is 0. The molecule has 0 N–H and O–H groups in total. The number of benzene rings is 1. The van der Waals surface area contributed by atoms with Gasteiger partial charge in [-0.05, 0) is 24.1 Å². The summed E-state index contributed by atoms with van der Waals surface area (Å²) in [6.07, 6.45) is 2.29.